The van der Waals surface area contributed by atoms with Gasteiger partial charge in [-0.25, -0.2) is 9.67 Å². The summed E-state index contributed by atoms with van der Waals surface area (Å²) < 4.78 is 8.81. The number of nitrogens with zero attached hydrogens (tertiary/aromatic N) is 4. The number of amides is 1. The average Bonchev–Trinajstić information content (AvgIpc) is 3.21. The number of hydrogen-bond acceptors (Lipinski definition) is 5. The van der Waals surface area contributed by atoms with Crippen molar-refractivity contribution in [2.24, 2.45) is 0 Å². The number of benzene rings is 2. The van der Waals surface area contributed by atoms with Crippen molar-refractivity contribution >= 4 is 16.9 Å². The highest BCUT2D eigenvalue weighted by Crippen LogP contribution is 2.14. The minimum Gasteiger partial charge on any atom is -0.491 e. The zero-order valence-corrected chi connectivity index (χ0v) is 19.0. The Morgan fingerprint density at radius 3 is 2.52 bits per heavy atom. The molecule has 0 fully saturated rings. The molecule has 2 aromatic heterocycles. The number of nitrogens with one attached hydrogen (secondary N) is 1. The third-order valence-electron chi connectivity index (χ3n) is 5.19. The number of aryl methyl sites for hydroxylation is 1. The van der Waals surface area contributed by atoms with E-state index in [2.05, 4.69) is 15.4 Å². The fourth-order valence-corrected chi connectivity index (χ4v) is 3.50. The second kappa shape index (κ2) is 9.68. The van der Waals surface area contributed by atoms with E-state index in [1.807, 2.05) is 45.0 Å². The predicted molar refractivity (Wildman–Crippen MR) is 127 cm³/mol. The van der Waals surface area contributed by atoms with Gasteiger partial charge in [0, 0.05) is 12.1 Å². The first-order chi connectivity index (χ1) is 15.9. The van der Waals surface area contributed by atoms with Crippen LogP contribution in [-0.4, -0.2) is 37.9 Å². The van der Waals surface area contributed by atoms with Crippen LogP contribution in [0.4, 0.5) is 0 Å². The maximum absolute atomic E-state index is 12.9. The van der Waals surface area contributed by atoms with Gasteiger partial charge in [0.05, 0.1) is 25.4 Å². The van der Waals surface area contributed by atoms with Gasteiger partial charge in [-0.3, -0.25) is 14.2 Å². The topological polar surface area (TPSA) is 91.0 Å². The number of carbonyl (C=O) groups is 1. The summed E-state index contributed by atoms with van der Waals surface area (Å²) in [6.45, 7) is 7.14. The van der Waals surface area contributed by atoms with Crippen molar-refractivity contribution in [2.45, 2.75) is 40.0 Å². The summed E-state index contributed by atoms with van der Waals surface area (Å²) in [5.74, 6) is 0.541. The number of ether oxygens (including phenoxy) is 1. The smallest absolute Gasteiger partial charge is 0.264 e. The van der Waals surface area contributed by atoms with Crippen LogP contribution in [0.15, 0.2) is 65.8 Å². The minimum atomic E-state index is -0.184. The SMILES string of the molecule is Cc1ccc(Cn2cnc3c(cnn3CCNC(=O)c3ccc(OC(C)C)cc3)c2=O)cc1. The molecule has 0 spiro atoms. The lowest BCUT2D eigenvalue weighted by Gasteiger charge is -2.10. The molecule has 1 amide bonds. The van der Waals surface area contributed by atoms with Crippen LogP contribution in [0.1, 0.15) is 35.3 Å². The van der Waals surface area contributed by atoms with Crippen LogP contribution in [0.3, 0.4) is 0 Å². The lowest BCUT2D eigenvalue weighted by Crippen LogP contribution is -2.27. The van der Waals surface area contributed by atoms with Gasteiger partial charge < -0.3 is 10.1 Å². The Bertz CT molecular complexity index is 1300. The van der Waals surface area contributed by atoms with Crippen LogP contribution >= 0.6 is 0 Å². The van der Waals surface area contributed by atoms with Crippen molar-refractivity contribution in [1.82, 2.24) is 24.6 Å². The van der Waals surface area contributed by atoms with Gasteiger partial charge in [-0.15, -0.1) is 0 Å². The number of fused-ring (bicyclic) bond motifs is 1. The number of carbonyl (C=O) groups excluding carboxylic acids is 1. The first-order valence-corrected chi connectivity index (χ1v) is 10.9. The van der Waals surface area contributed by atoms with Crippen LogP contribution in [-0.2, 0) is 13.1 Å². The zero-order chi connectivity index (χ0) is 23.4. The molecule has 8 heteroatoms. The van der Waals surface area contributed by atoms with Crippen molar-refractivity contribution in [3.63, 3.8) is 0 Å². The molecule has 1 N–H and O–H groups in total. The summed E-state index contributed by atoms with van der Waals surface area (Å²) in [5.41, 5.74) is 3.12. The Labute approximate surface area is 191 Å². The summed E-state index contributed by atoms with van der Waals surface area (Å²) in [4.78, 5) is 29.7. The molecule has 0 saturated heterocycles. The molecular weight excluding hydrogens is 418 g/mol. The van der Waals surface area contributed by atoms with Crippen LogP contribution in [0.2, 0.25) is 0 Å². The summed E-state index contributed by atoms with van der Waals surface area (Å²) in [6.07, 6.45) is 3.15. The normalized spacial score (nSPS) is 11.2. The number of hydrogen-bond donors (Lipinski definition) is 1. The number of rotatable bonds is 8. The molecule has 2 heterocycles. The summed E-state index contributed by atoms with van der Waals surface area (Å²) in [7, 11) is 0. The van der Waals surface area contributed by atoms with Crippen molar-refractivity contribution < 1.29 is 9.53 Å². The predicted octanol–water partition coefficient (Wildman–Crippen LogP) is 3.17. The van der Waals surface area contributed by atoms with Crippen LogP contribution in [0.5, 0.6) is 5.75 Å². The van der Waals surface area contributed by atoms with Gasteiger partial charge in [-0.05, 0) is 50.6 Å². The maximum Gasteiger partial charge on any atom is 0.264 e. The van der Waals surface area contributed by atoms with Crippen molar-refractivity contribution in [2.75, 3.05) is 6.54 Å². The molecule has 4 rings (SSSR count). The van der Waals surface area contributed by atoms with E-state index >= 15 is 0 Å². The van der Waals surface area contributed by atoms with Gasteiger partial charge in [0.25, 0.3) is 11.5 Å². The fourth-order valence-electron chi connectivity index (χ4n) is 3.50. The van der Waals surface area contributed by atoms with E-state index in [9.17, 15) is 9.59 Å². The van der Waals surface area contributed by atoms with Gasteiger partial charge in [0.15, 0.2) is 5.65 Å². The van der Waals surface area contributed by atoms with Gasteiger partial charge >= 0.3 is 0 Å². The fraction of sp³-hybridized carbons (Fsp3) is 0.280. The molecular formula is C25H27N5O3. The molecule has 0 radical (unpaired) electrons. The lowest BCUT2D eigenvalue weighted by molar-refractivity contribution is 0.0952. The Hall–Kier alpha value is -3.94. The Morgan fingerprint density at radius 2 is 1.82 bits per heavy atom. The molecule has 2 aromatic carbocycles. The largest absolute Gasteiger partial charge is 0.491 e. The van der Waals surface area contributed by atoms with E-state index in [-0.39, 0.29) is 17.6 Å². The van der Waals surface area contributed by atoms with E-state index in [4.69, 9.17) is 4.74 Å². The highest BCUT2D eigenvalue weighted by molar-refractivity contribution is 5.94. The molecule has 0 aliphatic rings. The van der Waals surface area contributed by atoms with Gasteiger partial charge in [-0.1, -0.05) is 29.8 Å². The lowest BCUT2D eigenvalue weighted by atomic mass is 10.1. The second-order valence-electron chi connectivity index (χ2n) is 8.22. The van der Waals surface area contributed by atoms with Crippen molar-refractivity contribution in [3.8, 4) is 5.75 Å². The number of aromatic nitrogens is 4. The molecule has 0 bridgehead atoms. The highest BCUT2D eigenvalue weighted by Gasteiger charge is 2.11. The Balaban J connectivity index is 1.39. The Morgan fingerprint density at radius 1 is 1.09 bits per heavy atom. The molecule has 0 aliphatic heterocycles. The van der Waals surface area contributed by atoms with E-state index in [0.29, 0.717) is 36.2 Å². The van der Waals surface area contributed by atoms with Crippen LogP contribution < -0.4 is 15.6 Å². The minimum absolute atomic E-state index is 0.0777. The molecule has 0 aliphatic carbocycles. The van der Waals surface area contributed by atoms with E-state index in [0.717, 1.165) is 11.3 Å². The van der Waals surface area contributed by atoms with E-state index in [1.165, 1.54) is 11.8 Å². The Kier molecular flexibility index (Phi) is 6.53. The summed E-state index contributed by atoms with van der Waals surface area (Å²) in [5, 5.41) is 7.63. The zero-order valence-electron chi connectivity index (χ0n) is 19.0. The third kappa shape index (κ3) is 5.28. The summed E-state index contributed by atoms with van der Waals surface area (Å²) >= 11 is 0. The van der Waals surface area contributed by atoms with Gasteiger partial charge in [0.1, 0.15) is 17.5 Å². The first kappa shape index (κ1) is 22.3. The molecule has 0 unspecified atom stereocenters. The first-order valence-electron chi connectivity index (χ1n) is 10.9. The standard InChI is InChI=1S/C25H27N5O3/c1-17(2)33-21-10-8-20(9-11-21)24(31)26-12-13-30-23-22(14-28-30)25(32)29(16-27-23)15-19-6-4-18(3)5-7-19/h4-11,14,16-17H,12-13,15H2,1-3H3,(H,26,31). The van der Waals surface area contributed by atoms with E-state index in [1.54, 1.807) is 39.8 Å². The van der Waals surface area contributed by atoms with Crippen molar-refractivity contribution in [3.05, 3.63) is 88.1 Å². The molecule has 170 valence electrons. The van der Waals surface area contributed by atoms with Gasteiger partial charge in [0.2, 0.25) is 0 Å². The third-order valence-corrected chi connectivity index (χ3v) is 5.19. The van der Waals surface area contributed by atoms with Crippen molar-refractivity contribution in [1.29, 1.82) is 0 Å². The van der Waals surface area contributed by atoms with Crippen LogP contribution in [0, 0.1) is 6.92 Å². The van der Waals surface area contributed by atoms with Gasteiger partial charge in [-0.2, -0.15) is 5.10 Å². The highest BCUT2D eigenvalue weighted by atomic mass is 16.5. The van der Waals surface area contributed by atoms with E-state index < -0.39 is 0 Å². The quantitative estimate of drug-likeness (QED) is 0.450. The maximum atomic E-state index is 12.9. The summed E-state index contributed by atoms with van der Waals surface area (Å²) in [6, 6.07) is 15.1. The second-order valence-corrected chi connectivity index (χ2v) is 8.22. The molecule has 8 nitrogen and oxygen atoms in total. The monoisotopic (exact) mass is 445 g/mol. The molecule has 33 heavy (non-hydrogen) atoms. The molecule has 0 saturated carbocycles. The molecule has 0 atom stereocenters. The van der Waals surface area contributed by atoms with Crippen LogP contribution in [0.25, 0.3) is 11.0 Å². The average molecular weight is 446 g/mol. The molecule has 4 aromatic rings.